The SMILES string of the molecule is C.C1CCNCC1.CCOC(=O)c1ccc(S(=O)(=O)Cl)cc1.CCc1ccc(S(=O)(=O)Nc2cccc3cccnc23)cc1.Cl.Nc1cccc2cccnc12.O=C(c1ccc(S(=O)(=O)Nc2cccc3cccnc23)cc1)N1CCCCC1.O=C=O.O=C=O.O=C=O.O=S(=O)(Nc1cccc2cccnc12)c1ccccc1.O=S(=O)(Nc1cccc2cccnc12)c1ccccc1.OC1CCCO1.[Li+].[OH-]. The molecular formula is C99H103Cl2LiN12O22S5. The number of aliphatic hydroxyl groups excluding tert-OH is 1. The van der Waals surface area contributed by atoms with Crippen molar-refractivity contribution >= 4 is 186 Å². The Morgan fingerprint density at radius 1 is 0.418 bits per heavy atom. The van der Waals surface area contributed by atoms with Crippen LogP contribution in [0.2, 0.25) is 0 Å². The second-order valence-corrected chi connectivity index (χ2v) is 38.4. The number of nitrogens with zero attached hydrogens (tertiary/aromatic N) is 6. The summed E-state index contributed by atoms with van der Waals surface area (Å²) in [6.45, 7) is 8.75. The third-order valence-electron chi connectivity index (χ3n) is 19.7. The van der Waals surface area contributed by atoms with Crippen LogP contribution >= 0.6 is 23.1 Å². The van der Waals surface area contributed by atoms with Gasteiger partial charge in [0.15, 0.2) is 6.29 Å². The minimum atomic E-state index is -3.79. The number of aromatic nitrogens is 5. The predicted octanol–water partition coefficient (Wildman–Crippen LogP) is 13.9. The molecule has 736 valence electrons. The van der Waals surface area contributed by atoms with Gasteiger partial charge < -0.3 is 36.0 Å². The number of esters is 1. The molecule has 10 aromatic carbocycles. The first-order valence-electron chi connectivity index (χ1n) is 42.3. The number of aliphatic hydroxyl groups is 1. The monoisotopic (exact) mass is 2050 g/mol. The van der Waals surface area contributed by atoms with E-state index in [1.54, 1.807) is 171 Å². The number of anilines is 5. The molecule has 3 aliphatic heterocycles. The van der Waals surface area contributed by atoms with E-state index in [0.29, 0.717) is 55.9 Å². The number of nitrogens with two attached hydrogens (primary N) is 1. The molecule has 0 radical (unpaired) electrons. The Morgan fingerprint density at radius 3 is 1.01 bits per heavy atom. The number of hydrogen-bond acceptors (Lipinski definition) is 29. The summed E-state index contributed by atoms with van der Waals surface area (Å²) < 4.78 is 141. The molecule has 0 bridgehead atoms. The summed E-state index contributed by atoms with van der Waals surface area (Å²) in [6, 6.07) is 80.8. The van der Waals surface area contributed by atoms with Crippen LogP contribution in [-0.2, 0) is 93.8 Å². The minimum Gasteiger partial charge on any atom is -0.870 e. The summed E-state index contributed by atoms with van der Waals surface area (Å²) in [5, 5.41) is 16.4. The number of piperidine rings is 2. The van der Waals surface area contributed by atoms with Crippen LogP contribution in [0.5, 0.6) is 0 Å². The number of pyridine rings is 5. The van der Waals surface area contributed by atoms with Crippen molar-refractivity contribution in [2.75, 3.05) is 64.0 Å². The van der Waals surface area contributed by atoms with E-state index >= 15 is 0 Å². The molecule has 141 heavy (non-hydrogen) atoms. The van der Waals surface area contributed by atoms with Gasteiger partial charge in [0.1, 0.15) is 0 Å². The largest absolute Gasteiger partial charge is 1.00 e. The van der Waals surface area contributed by atoms with E-state index in [0.717, 1.165) is 102 Å². The van der Waals surface area contributed by atoms with Crippen molar-refractivity contribution in [2.24, 2.45) is 0 Å². The van der Waals surface area contributed by atoms with E-state index in [2.05, 4.69) is 49.1 Å². The number of likely N-dealkylation sites (tertiary alicyclic amines) is 1. The molecule has 5 aromatic heterocycles. The van der Waals surface area contributed by atoms with Crippen molar-refractivity contribution in [3.8, 4) is 0 Å². The Balaban J connectivity index is 0.000000341. The summed E-state index contributed by atoms with van der Waals surface area (Å²) in [7, 11) is -13.2. The third-order valence-corrected chi connectivity index (χ3v) is 26.6. The zero-order valence-electron chi connectivity index (χ0n) is 75.9. The molecule has 0 aliphatic carbocycles. The van der Waals surface area contributed by atoms with E-state index in [9.17, 15) is 51.7 Å². The molecule has 3 aliphatic rings. The van der Waals surface area contributed by atoms with E-state index < -0.39 is 61.4 Å². The van der Waals surface area contributed by atoms with Crippen molar-refractivity contribution in [1.29, 1.82) is 0 Å². The molecule has 1 amide bonds. The summed E-state index contributed by atoms with van der Waals surface area (Å²) in [5.74, 6) is -0.536. The fourth-order valence-corrected chi connectivity index (χ4v) is 18.3. The number of sulfonamides is 4. The predicted molar refractivity (Wildman–Crippen MR) is 536 cm³/mol. The Bertz CT molecular complexity index is 6980. The summed E-state index contributed by atoms with van der Waals surface area (Å²) in [4.78, 5) is 96.2. The molecule has 0 spiro atoms. The molecular weight excluding hydrogens is 1950 g/mol. The number of carbonyl (C=O) groups excluding carboxylic acids is 8. The maximum atomic E-state index is 12.8. The number of carbonyl (C=O) groups is 2. The van der Waals surface area contributed by atoms with Crippen molar-refractivity contribution in [3.05, 3.63) is 333 Å². The summed E-state index contributed by atoms with van der Waals surface area (Å²) >= 11 is 0. The third kappa shape index (κ3) is 38.3. The number of rotatable bonds is 17. The van der Waals surface area contributed by atoms with Crippen LogP contribution in [-0.4, -0.2) is 159 Å². The van der Waals surface area contributed by atoms with Crippen molar-refractivity contribution < 1.29 is 119 Å². The van der Waals surface area contributed by atoms with Crippen LogP contribution in [0.25, 0.3) is 54.5 Å². The van der Waals surface area contributed by atoms with Gasteiger partial charge in [0.05, 0.1) is 92.7 Å². The number of halogens is 2. The Labute approximate surface area is 840 Å². The number of nitrogen functional groups attached to an aromatic ring is 1. The zero-order chi connectivity index (χ0) is 99.1. The van der Waals surface area contributed by atoms with Gasteiger partial charge in [0.2, 0.25) is 0 Å². The molecule has 1 unspecified atom stereocenters. The van der Waals surface area contributed by atoms with Crippen LogP contribution in [0.15, 0.2) is 341 Å². The first-order valence-corrected chi connectivity index (χ1v) is 50.5. The molecule has 15 aromatic rings. The quantitative estimate of drug-likeness (QED) is 0.0193. The molecule has 18 rings (SSSR count). The molecule has 0 saturated carbocycles. The van der Waals surface area contributed by atoms with E-state index in [1.807, 2.05) is 127 Å². The average molecular weight is 2050 g/mol. The van der Waals surface area contributed by atoms with Crippen molar-refractivity contribution in [3.63, 3.8) is 0 Å². The van der Waals surface area contributed by atoms with Crippen LogP contribution < -0.4 is 48.8 Å². The standard InChI is InChI=1S/C21H21N3O3S.C17H16N2O2S.2C15H12N2O2S.C9H9ClO4S.C9H8N2.C5H11N.C4H8O2.3CO2.CH4.ClH.Li.H2O/c25-21(24-14-2-1-3-15-24)17-9-11-18(12-10-17)28(26,27)23-19-8-4-6-16-7-5-13-22-20(16)19;1-2-13-8-10-15(11-9-13)22(20,21)19-16-7-3-5-14-6-4-12-18-17(14)16;2*18-20(19,13-8-2-1-3-9-13)17-14-10-4-6-12-7-5-11-16-15(12)14;1-2-14-9(11)7-3-5-8(6-4-7)15(10,12)13;10-8-5-1-3-7-4-2-6-11-9(7)8;1-2-4-6-5-3-1;5-4-2-1-3-6-4;3*2-1-3;;;;/h4-13,23H,1-3,14-15H2;3-12,19H,2H2,1H3;2*1-11,17H;3-6H,2H2,1H3;1-6H,10H2;6H,1-5H2;4-5H,1-3H2;;;;1H4;1H;;1H2/q;;;;;;;;;;;;;+1;/p-1. The summed E-state index contributed by atoms with van der Waals surface area (Å²) in [6.07, 6.45) is 18.7. The van der Waals surface area contributed by atoms with Gasteiger partial charge in [-0.1, -0.05) is 160 Å². The van der Waals surface area contributed by atoms with Gasteiger partial charge in [-0.15, -0.1) is 12.4 Å². The van der Waals surface area contributed by atoms with Gasteiger partial charge in [-0.2, -0.15) is 28.8 Å². The smallest absolute Gasteiger partial charge is 0.870 e. The average Bonchev–Trinajstić information content (AvgIpc) is 1.35. The van der Waals surface area contributed by atoms with E-state index in [1.165, 1.54) is 68.8 Å². The summed E-state index contributed by atoms with van der Waals surface area (Å²) in [5.41, 5.74) is 13.6. The van der Waals surface area contributed by atoms with Gasteiger partial charge in [-0.25, -0.2) is 46.9 Å². The van der Waals surface area contributed by atoms with Crippen molar-refractivity contribution in [2.45, 2.75) is 110 Å². The first-order chi connectivity index (χ1) is 65.9. The van der Waals surface area contributed by atoms with Crippen LogP contribution in [0, 0.1) is 0 Å². The second-order valence-electron chi connectivity index (χ2n) is 29.1. The first kappa shape index (κ1) is 119. The van der Waals surface area contributed by atoms with E-state index in [4.69, 9.17) is 59.8 Å². The molecule has 9 N–H and O–H groups in total. The minimum absolute atomic E-state index is 0. The number of hydrogen-bond donors (Lipinski definition) is 7. The van der Waals surface area contributed by atoms with Gasteiger partial charge in [0, 0.05) is 100 Å². The number of fused-ring (bicyclic) bond motifs is 5. The van der Waals surface area contributed by atoms with Gasteiger partial charge in [0.25, 0.3) is 55.1 Å². The number of amides is 1. The van der Waals surface area contributed by atoms with Crippen LogP contribution in [0.4, 0.5) is 28.4 Å². The number of ether oxygens (including phenoxy) is 2. The number of nitrogens with one attached hydrogen (secondary N) is 5. The van der Waals surface area contributed by atoms with E-state index in [-0.39, 0.29) is 99.6 Å². The molecule has 34 nitrogen and oxygen atoms in total. The number of aryl methyl sites for hydroxylation is 1. The topological polar surface area (TPSA) is 530 Å². The van der Waals surface area contributed by atoms with Crippen molar-refractivity contribution in [1.82, 2.24) is 35.1 Å². The fraction of sp³-hybridized carbons (Fsp3) is 0.192. The fourth-order valence-electron chi connectivity index (χ4n) is 13.2. The zero-order valence-corrected chi connectivity index (χ0v) is 81.5. The molecule has 42 heteroatoms. The number of benzene rings is 10. The Kier molecular flexibility index (Phi) is 52.1. The number of para-hydroxylation sites is 5. The van der Waals surface area contributed by atoms with Gasteiger partial charge in [-0.3, -0.25) is 48.6 Å². The van der Waals surface area contributed by atoms with Gasteiger partial charge in [-0.05, 0) is 216 Å². The molecule has 1 atom stereocenters. The molecule has 8 heterocycles. The van der Waals surface area contributed by atoms with Crippen LogP contribution in [0.1, 0.15) is 98.9 Å². The Hall–Kier alpha value is -13.9. The Morgan fingerprint density at radius 2 is 0.723 bits per heavy atom. The molecule has 3 saturated heterocycles. The second kappa shape index (κ2) is 61.5. The van der Waals surface area contributed by atoms with Gasteiger partial charge >= 0.3 is 43.3 Å². The maximum absolute atomic E-state index is 12.8. The maximum Gasteiger partial charge on any atom is 1.00 e. The molecule has 3 fully saturated rings. The van der Waals surface area contributed by atoms with Crippen LogP contribution in [0.3, 0.4) is 0 Å². The normalized spacial score (nSPS) is 12.6.